The number of amides is 1. The molecule has 5 heteroatoms. The highest BCUT2D eigenvalue weighted by atomic mass is 16.2. The highest BCUT2D eigenvalue weighted by molar-refractivity contribution is 5.76. The second-order valence-electron chi connectivity index (χ2n) is 3.66. The number of aromatic nitrogens is 3. The lowest BCUT2D eigenvalue weighted by molar-refractivity contribution is -0.122. The lowest BCUT2D eigenvalue weighted by atomic mass is 10.3. The van der Waals surface area contributed by atoms with Gasteiger partial charge in [-0.15, -0.1) is 0 Å². The van der Waals surface area contributed by atoms with Crippen molar-refractivity contribution in [1.82, 2.24) is 19.9 Å². The Morgan fingerprint density at radius 2 is 2.25 bits per heavy atom. The fraction of sp³-hybridized carbons (Fsp3) is 0.182. The van der Waals surface area contributed by atoms with E-state index in [4.69, 9.17) is 0 Å². The van der Waals surface area contributed by atoms with Crippen LogP contribution in [0.3, 0.4) is 0 Å². The maximum absolute atomic E-state index is 11.2. The van der Waals surface area contributed by atoms with Gasteiger partial charge < -0.3 is 9.88 Å². The van der Waals surface area contributed by atoms with Crippen LogP contribution in [0.1, 0.15) is 5.82 Å². The average molecular weight is 214 g/mol. The predicted molar refractivity (Wildman–Crippen MR) is 57.3 cm³/mol. The quantitative estimate of drug-likeness (QED) is 0.755. The summed E-state index contributed by atoms with van der Waals surface area (Å²) < 4.78 is 1.86. The Balaban J connectivity index is 2.02. The Kier molecular flexibility index (Phi) is 1.96. The molecule has 5 nitrogen and oxygen atoms in total. The molecule has 2 aromatic rings. The van der Waals surface area contributed by atoms with Crippen LogP contribution in [0.5, 0.6) is 0 Å². The van der Waals surface area contributed by atoms with Gasteiger partial charge in [-0.1, -0.05) is 6.07 Å². The highest BCUT2D eigenvalue weighted by Crippen LogP contribution is 2.17. The number of pyridine rings is 1. The molecule has 0 atom stereocenters. The van der Waals surface area contributed by atoms with Crippen LogP contribution in [-0.4, -0.2) is 20.4 Å². The molecule has 16 heavy (non-hydrogen) atoms. The third-order valence-corrected chi connectivity index (χ3v) is 2.54. The zero-order valence-electron chi connectivity index (χ0n) is 8.55. The Bertz CT molecular complexity index is 532. The van der Waals surface area contributed by atoms with Gasteiger partial charge in [-0.05, 0) is 12.1 Å². The average Bonchev–Trinajstić information content (AvgIpc) is 2.73. The molecular formula is C11H10N4O. The van der Waals surface area contributed by atoms with E-state index in [-0.39, 0.29) is 5.91 Å². The van der Waals surface area contributed by atoms with Crippen molar-refractivity contribution in [3.8, 4) is 11.4 Å². The third-order valence-electron chi connectivity index (χ3n) is 2.54. The molecule has 0 aromatic carbocycles. The summed E-state index contributed by atoms with van der Waals surface area (Å²) >= 11 is 0. The van der Waals surface area contributed by atoms with Gasteiger partial charge in [0.25, 0.3) is 0 Å². The number of fused-ring (bicyclic) bond motifs is 1. The van der Waals surface area contributed by atoms with Crippen LogP contribution in [0.25, 0.3) is 11.4 Å². The van der Waals surface area contributed by atoms with E-state index in [1.54, 1.807) is 6.20 Å². The number of carbonyl (C=O) groups excluding carboxylic acids is 1. The van der Waals surface area contributed by atoms with Gasteiger partial charge in [-0.2, -0.15) is 0 Å². The summed E-state index contributed by atoms with van der Waals surface area (Å²) in [7, 11) is 0. The summed E-state index contributed by atoms with van der Waals surface area (Å²) in [5.41, 5.74) is 1.64. The molecule has 3 heterocycles. The molecule has 1 aliphatic rings. The van der Waals surface area contributed by atoms with Crippen molar-refractivity contribution in [2.75, 3.05) is 0 Å². The van der Waals surface area contributed by atoms with Crippen molar-refractivity contribution >= 4 is 5.91 Å². The number of carbonyl (C=O) groups is 1. The van der Waals surface area contributed by atoms with Gasteiger partial charge in [-0.3, -0.25) is 9.78 Å². The Morgan fingerprint density at radius 1 is 1.31 bits per heavy atom. The van der Waals surface area contributed by atoms with Crippen LogP contribution in [-0.2, 0) is 17.9 Å². The highest BCUT2D eigenvalue weighted by Gasteiger charge is 2.17. The first-order chi connectivity index (χ1) is 7.83. The van der Waals surface area contributed by atoms with Crippen molar-refractivity contribution in [2.24, 2.45) is 0 Å². The SMILES string of the molecule is O=C1Cn2cc(-c3ccccn3)nc2CN1. The lowest BCUT2D eigenvalue weighted by Gasteiger charge is -2.13. The predicted octanol–water partition coefficient (Wildman–Crippen LogP) is 0.575. The zero-order valence-corrected chi connectivity index (χ0v) is 8.55. The molecule has 0 bridgehead atoms. The lowest BCUT2D eigenvalue weighted by Crippen LogP contribution is -2.33. The van der Waals surface area contributed by atoms with Gasteiger partial charge >= 0.3 is 0 Å². The van der Waals surface area contributed by atoms with E-state index in [9.17, 15) is 4.79 Å². The number of nitrogens with zero attached hydrogens (tertiary/aromatic N) is 3. The minimum Gasteiger partial charge on any atom is -0.347 e. The normalized spacial score (nSPS) is 14.4. The number of imidazole rings is 1. The van der Waals surface area contributed by atoms with Gasteiger partial charge in [0.05, 0.1) is 12.2 Å². The maximum Gasteiger partial charge on any atom is 0.240 e. The minimum absolute atomic E-state index is 0.0254. The van der Waals surface area contributed by atoms with Crippen LogP contribution in [0.15, 0.2) is 30.6 Å². The summed E-state index contributed by atoms with van der Waals surface area (Å²) in [5, 5.41) is 2.76. The van der Waals surface area contributed by atoms with Crippen molar-refractivity contribution in [2.45, 2.75) is 13.1 Å². The fourth-order valence-corrected chi connectivity index (χ4v) is 1.76. The first-order valence-electron chi connectivity index (χ1n) is 5.07. The van der Waals surface area contributed by atoms with Crippen LogP contribution < -0.4 is 5.32 Å². The van der Waals surface area contributed by atoms with Gasteiger partial charge in [0.2, 0.25) is 5.91 Å². The molecule has 1 amide bonds. The summed E-state index contributed by atoms with van der Waals surface area (Å²) in [5.74, 6) is 0.901. The largest absolute Gasteiger partial charge is 0.347 e. The monoisotopic (exact) mass is 214 g/mol. The molecular weight excluding hydrogens is 204 g/mol. The van der Waals surface area contributed by atoms with E-state index < -0.39 is 0 Å². The van der Waals surface area contributed by atoms with E-state index in [0.29, 0.717) is 13.1 Å². The summed E-state index contributed by atoms with van der Waals surface area (Å²) in [6, 6.07) is 5.69. The second kappa shape index (κ2) is 3.44. The van der Waals surface area contributed by atoms with Gasteiger partial charge in [-0.25, -0.2) is 4.98 Å². The first-order valence-corrected chi connectivity index (χ1v) is 5.07. The molecule has 0 unspecified atom stereocenters. The topological polar surface area (TPSA) is 59.8 Å². The number of hydrogen-bond acceptors (Lipinski definition) is 3. The second-order valence-corrected chi connectivity index (χ2v) is 3.66. The standard InChI is InChI=1S/C11H10N4O/c16-11-7-15-6-9(14-10(15)5-13-11)8-3-1-2-4-12-8/h1-4,6H,5,7H2,(H,13,16). The Hall–Kier alpha value is -2.17. The van der Waals surface area contributed by atoms with E-state index >= 15 is 0 Å². The molecule has 3 rings (SSSR count). The number of nitrogens with one attached hydrogen (secondary N) is 1. The van der Waals surface area contributed by atoms with Crippen molar-refractivity contribution in [1.29, 1.82) is 0 Å². The molecule has 2 aromatic heterocycles. The summed E-state index contributed by atoms with van der Waals surface area (Å²) in [6.07, 6.45) is 3.60. The van der Waals surface area contributed by atoms with E-state index in [1.165, 1.54) is 0 Å². The molecule has 80 valence electrons. The van der Waals surface area contributed by atoms with E-state index in [2.05, 4.69) is 15.3 Å². The Labute approximate surface area is 92.1 Å². The molecule has 0 fully saturated rings. The minimum atomic E-state index is 0.0254. The molecule has 1 aliphatic heterocycles. The third kappa shape index (κ3) is 1.46. The van der Waals surface area contributed by atoms with Gasteiger partial charge in [0.1, 0.15) is 18.1 Å². The van der Waals surface area contributed by atoms with Crippen molar-refractivity contribution in [3.05, 3.63) is 36.4 Å². The zero-order chi connectivity index (χ0) is 11.0. The van der Waals surface area contributed by atoms with E-state index in [1.807, 2.05) is 29.0 Å². The molecule has 0 spiro atoms. The summed E-state index contributed by atoms with van der Waals surface area (Å²) in [4.78, 5) is 19.9. The van der Waals surface area contributed by atoms with Gasteiger partial charge in [0, 0.05) is 12.4 Å². The van der Waals surface area contributed by atoms with Crippen LogP contribution in [0, 0.1) is 0 Å². The van der Waals surface area contributed by atoms with Crippen molar-refractivity contribution in [3.63, 3.8) is 0 Å². The molecule has 0 aliphatic carbocycles. The van der Waals surface area contributed by atoms with Crippen molar-refractivity contribution < 1.29 is 4.79 Å². The molecule has 0 radical (unpaired) electrons. The maximum atomic E-state index is 11.2. The molecule has 1 N–H and O–H groups in total. The Morgan fingerprint density at radius 3 is 3.06 bits per heavy atom. The van der Waals surface area contributed by atoms with Gasteiger partial charge in [0.15, 0.2) is 0 Å². The first kappa shape index (κ1) is 9.08. The van der Waals surface area contributed by atoms with Crippen LogP contribution in [0.4, 0.5) is 0 Å². The molecule has 0 saturated heterocycles. The molecule has 0 saturated carbocycles. The summed E-state index contributed by atoms with van der Waals surface area (Å²) in [6.45, 7) is 0.834. The van der Waals surface area contributed by atoms with E-state index in [0.717, 1.165) is 17.2 Å². The van der Waals surface area contributed by atoms with Crippen LogP contribution >= 0.6 is 0 Å². The number of rotatable bonds is 1. The number of hydrogen-bond donors (Lipinski definition) is 1. The fourth-order valence-electron chi connectivity index (χ4n) is 1.76. The van der Waals surface area contributed by atoms with Crippen LogP contribution in [0.2, 0.25) is 0 Å². The smallest absolute Gasteiger partial charge is 0.240 e.